The van der Waals surface area contributed by atoms with Crippen molar-refractivity contribution in [3.63, 3.8) is 0 Å². The summed E-state index contributed by atoms with van der Waals surface area (Å²) in [5, 5.41) is 0. The highest BCUT2D eigenvalue weighted by Crippen LogP contribution is 2.28. The van der Waals surface area contributed by atoms with Crippen LogP contribution in [0.15, 0.2) is 48.5 Å². The van der Waals surface area contributed by atoms with Gasteiger partial charge in [-0.1, -0.05) is 24.3 Å². The summed E-state index contributed by atoms with van der Waals surface area (Å²) in [6.07, 6.45) is -1.07. The molecule has 27 heavy (non-hydrogen) atoms. The molecule has 0 radical (unpaired) electrons. The number of ether oxygens (including phenoxy) is 2. The fourth-order valence-electron chi connectivity index (χ4n) is 2.78. The third kappa shape index (κ3) is 3.51. The highest BCUT2D eigenvalue weighted by atomic mass is 19.3. The minimum atomic E-state index is -2.85. The second-order valence-electron chi connectivity index (χ2n) is 5.69. The van der Waals surface area contributed by atoms with Crippen molar-refractivity contribution in [1.82, 2.24) is 9.55 Å². The molecule has 0 spiro atoms. The molecular weight excluding hydrogens is 358 g/mol. The lowest BCUT2D eigenvalue weighted by molar-refractivity contribution is 0.0229. The second-order valence-corrected chi connectivity index (χ2v) is 5.69. The summed E-state index contributed by atoms with van der Waals surface area (Å²) in [6.45, 7) is -1.41. The van der Waals surface area contributed by atoms with Crippen molar-refractivity contribution in [2.75, 3.05) is 7.11 Å². The van der Waals surface area contributed by atoms with Crippen LogP contribution in [0, 0.1) is 0 Å². The first-order chi connectivity index (χ1) is 12.9. The standard InChI is InChI=1S/C19H16F2N2O4/c1-11(16-22-14-9-5-6-10-15(14)23(16)19(20)21)27-18(25)13-8-4-3-7-12(13)17(24)26-2/h3-11,19H,1-2H3. The summed E-state index contributed by atoms with van der Waals surface area (Å²) in [5.41, 5.74) is 0.612. The molecule has 3 aromatic rings. The molecule has 3 rings (SSSR count). The number of esters is 2. The van der Waals surface area contributed by atoms with E-state index in [-0.39, 0.29) is 22.5 Å². The van der Waals surface area contributed by atoms with Gasteiger partial charge < -0.3 is 9.47 Å². The number of methoxy groups -OCH3 is 1. The molecule has 0 aliphatic rings. The van der Waals surface area contributed by atoms with Gasteiger partial charge in [-0.15, -0.1) is 0 Å². The normalized spacial score (nSPS) is 12.2. The Kier molecular flexibility index (Phi) is 5.16. The maximum atomic E-state index is 13.5. The Labute approximate surface area is 153 Å². The van der Waals surface area contributed by atoms with Crippen LogP contribution in [-0.4, -0.2) is 28.6 Å². The Morgan fingerprint density at radius 1 is 1.00 bits per heavy atom. The van der Waals surface area contributed by atoms with E-state index in [0.29, 0.717) is 5.52 Å². The van der Waals surface area contributed by atoms with E-state index in [1.54, 1.807) is 30.3 Å². The minimum absolute atomic E-state index is 0.0177. The van der Waals surface area contributed by atoms with Crippen molar-refractivity contribution in [3.8, 4) is 0 Å². The number of carbonyl (C=O) groups is 2. The SMILES string of the molecule is COC(=O)c1ccccc1C(=O)OC(C)c1nc2ccccc2n1C(F)F. The fraction of sp³-hybridized carbons (Fsp3) is 0.211. The van der Waals surface area contributed by atoms with Crippen LogP contribution in [0.3, 0.4) is 0 Å². The van der Waals surface area contributed by atoms with Gasteiger partial charge in [-0.3, -0.25) is 4.57 Å². The molecule has 0 aliphatic carbocycles. The van der Waals surface area contributed by atoms with Gasteiger partial charge in [0.2, 0.25) is 0 Å². The first-order valence-electron chi connectivity index (χ1n) is 8.07. The molecule has 6 nitrogen and oxygen atoms in total. The van der Waals surface area contributed by atoms with Gasteiger partial charge in [-0.25, -0.2) is 14.6 Å². The van der Waals surface area contributed by atoms with Crippen LogP contribution in [0.2, 0.25) is 0 Å². The highest BCUT2D eigenvalue weighted by molar-refractivity contribution is 6.03. The van der Waals surface area contributed by atoms with Crippen LogP contribution in [0.5, 0.6) is 0 Å². The van der Waals surface area contributed by atoms with Crippen molar-refractivity contribution >= 4 is 23.0 Å². The number of fused-ring (bicyclic) bond motifs is 1. The van der Waals surface area contributed by atoms with E-state index in [4.69, 9.17) is 4.74 Å². The van der Waals surface area contributed by atoms with Crippen molar-refractivity contribution in [1.29, 1.82) is 0 Å². The molecule has 0 aliphatic heterocycles. The van der Waals surface area contributed by atoms with Crippen LogP contribution >= 0.6 is 0 Å². The fourth-order valence-corrected chi connectivity index (χ4v) is 2.78. The Morgan fingerprint density at radius 3 is 2.22 bits per heavy atom. The van der Waals surface area contributed by atoms with Gasteiger partial charge in [0.25, 0.3) is 0 Å². The van der Waals surface area contributed by atoms with Gasteiger partial charge in [0.1, 0.15) is 0 Å². The predicted octanol–water partition coefficient (Wildman–Crippen LogP) is 4.14. The number of halogens is 2. The molecule has 0 amide bonds. The number of imidazole rings is 1. The van der Waals surface area contributed by atoms with Crippen molar-refractivity contribution in [3.05, 3.63) is 65.5 Å². The summed E-state index contributed by atoms with van der Waals surface area (Å²) >= 11 is 0. The van der Waals surface area contributed by atoms with Crippen LogP contribution in [0.1, 0.15) is 46.1 Å². The topological polar surface area (TPSA) is 70.4 Å². The number of hydrogen-bond donors (Lipinski definition) is 0. The second kappa shape index (κ2) is 7.53. The van der Waals surface area contributed by atoms with Crippen LogP contribution in [0.25, 0.3) is 11.0 Å². The molecular formula is C19H16F2N2O4. The summed E-state index contributed by atoms with van der Waals surface area (Å²) in [4.78, 5) is 28.5. The number of rotatable bonds is 5. The quantitative estimate of drug-likeness (QED) is 0.628. The molecule has 0 fully saturated rings. The van der Waals surface area contributed by atoms with Gasteiger partial charge in [0.05, 0.1) is 29.3 Å². The Hall–Kier alpha value is -3.29. The van der Waals surface area contributed by atoms with Crippen molar-refractivity contribution in [2.45, 2.75) is 19.6 Å². The first-order valence-corrected chi connectivity index (χ1v) is 8.07. The maximum Gasteiger partial charge on any atom is 0.339 e. The molecule has 0 bridgehead atoms. The number of hydrogen-bond acceptors (Lipinski definition) is 5. The molecule has 8 heteroatoms. The van der Waals surface area contributed by atoms with Gasteiger partial charge in [0, 0.05) is 0 Å². The van der Waals surface area contributed by atoms with Crippen molar-refractivity contribution < 1.29 is 27.8 Å². The monoisotopic (exact) mass is 374 g/mol. The molecule has 0 saturated carbocycles. The highest BCUT2D eigenvalue weighted by Gasteiger charge is 2.26. The van der Waals surface area contributed by atoms with E-state index in [1.165, 1.54) is 32.2 Å². The Balaban J connectivity index is 1.94. The number of nitrogens with zero attached hydrogens (tertiary/aromatic N) is 2. The molecule has 0 N–H and O–H groups in total. The third-order valence-electron chi connectivity index (χ3n) is 4.02. The van der Waals surface area contributed by atoms with E-state index in [2.05, 4.69) is 9.72 Å². The molecule has 140 valence electrons. The van der Waals surface area contributed by atoms with Crippen LogP contribution < -0.4 is 0 Å². The number of carbonyl (C=O) groups excluding carboxylic acids is 2. The Bertz CT molecular complexity index is 1000. The molecule has 2 aromatic carbocycles. The molecule has 1 unspecified atom stereocenters. The summed E-state index contributed by atoms with van der Waals surface area (Å²) < 4.78 is 37.8. The van der Waals surface area contributed by atoms with Crippen LogP contribution in [-0.2, 0) is 9.47 Å². The van der Waals surface area contributed by atoms with Gasteiger partial charge >= 0.3 is 18.5 Å². The van der Waals surface area contributed by atoms with Crippen molar-refractivity contribution in [2.24, 2.45) is 0 Å². The Morgan fingerprint density at radius 2 is 1.59 bits per heavy atom. The lowest BCUT2D eigenvalue weighted by atomic mass is 10.1. The zero-order chi connectivity index (χ0) is 19.6. The van der Waals surface area contributed by atoms with Crippen LogP contribution in [0.4, 0.5) is 8.78 Å². The molecule has 0 saturated heterocycles. The van der Waals surface area contributed by atoms with Gasteiger partial charge in [-0.2, -0.15) is 8.78 Å². The molecule has 1 heterocycles. The average molecular weight is 374 g/mol. The van der Waals surface area contributed by atoms with Gasteiger partial charge in [0.15, 0.2) is 11.9 Å². The first kappa shape index (κ1) is 18.5. The number of aromatic nitrogens is 2. The largest absolute Gasteiger partial charge is 0.465 e. The lowest BCUT2D eigenvalue weighted by Crippen LogP contribution is -2.17. The third-order valence-corrected chi connectivity index (χ3v) is 4.02. The molecule has 1 atom stereocenters. The van der Waals surface area contributed by atoms with E-state index in [0.717, 1.165) is 4.57 Å². The number of benzene rings is 2. The zero-order valence-corrected chi connectivity index (χ0v) is 14.6. The van der Waals surface area contributed by atoms with E-state index < -0.39 is 24.6 Å². The summed E-state index contributed by atoms with van der Waals surface area (Å²) in [5.74, 6) is -1.62. The smallest absolute Gasteiger partial charge is 0.339 e. The van der Waals surface area contributed by atoms with E-state index in [1.807, 2.05) is 0 Å². The van der Waals surface area contributed by atoms with E-state index in [9.17, 15) is 18.4 Å². The minimum Gasteiger partial charge on any atom is -0.465 e. The summed E-state index contributed by atoms with van der Waals surface area (Å²) in [7, 11) is 1.19. The maximum absolute atomic E-state index is 13.5. The average Bonchev–Trinajstić information content (AvgIpc) is 3.07. The summed E-state index contributed by atoms with van der Waals surface area (Å²) in [6, 6.07) is 12.4. The lowest BCUT2D eigenvalue weighted by Gasteiger charge is -2.16. The zero-order valence-electron chi connectivity index (χ0n) is 14.6. The molecule has 1 aromatic heterocycles. The number of alkyl halides is 2. The predicted molar refractivity (Wildman–Crippen MR) is 92.6 cm³/mol. The van der Waals surface area contributed by atoms with Gasteiger partial charge in [-0.05, 0) is 31.2 Å². The van der Waals surface area contributed by atoms with E-state index >= 15 is 0 Å². The number of para-hydroxylation sites is 2.